The van der Waals surface area contributed by atoms with Crippen molar-refractivity contribution >= 4 is 23.2 Å². The highest BCUT2D eigenvalue weighted by molar-refractivity contribution is 6.32. The Morgan fingerprint density at radius 2 is 1.74 bits per heavy atom. The number of halogens is 2. The fourth-order valence-electron chi connectivity index (χ4n) is 2.62. The van der Waals surface area contributed by atoms with Crippen molar-refractivity contribution in [2.75, 3.05) is 33.8 Å². The molecule has 0 fully saturated rings. The molecule has 27 heavy (non-hydrogen) atoms. The van der Waals surface area contributed by atoms with E-state index in [2.05, 4.69) is 24.3 Å². The summed E-state index contributed by atoms with van der Waals surface area (Å²) < 4.78 is 11.7. The monoisotopic (exact) mass is 410 g/mol. The van der Waals surface area contributed by atoms with Crippen LogP contribution in [0.5, 0.6) is 11.5 Å². The summed E-state index contributed by atoms with van der Waals surface area (Å²) in [6.45, 7) is 5.66. The zero-order chi connectivity index (χ0) is 19.6. The van der Waals surface area contributed by atoms with Crippen LogP contribution in [-0.4, -0.2) is 38.7 Å². The van der Waals surface area contributed by atoms with Gasteiger partial charge in [-0.2, -0.15) is 0 Å². The Morgan fingerprint density at radius 1 is 1.00 bits per heavy atom. The highest BCUT2D eigenvalue weighted by atomic mass is 35.5. The zero-order valence-corrected chi connectivity index (χ0v) is 17.7. The van der Waals surface area contributed by atoms with E-state index in [1.54, 1.807) is 0 Å². The molecular formula is C21H28Cl2N2O2. The quantitative estimate of drug-likeness (QED) is 0.527. The predicted octanol–water partition coefficient (Wildman–Crippen LogP) is 5.01. The number of rotatable bonds is 11. The molecule has 0 heterocycles. The summed E-state index contributed by atoms with van der Waals surface area (Å²) in [4.78, 5) is 2.18. The SMILES string of the molecule is CCOc1cc(CNCCCN(C)C)cc(Cl)c1OCc1ccc(Cl)cc1. The van der Waals surface area contributed by atoms with Crippen LogP contribution >= 0.6 is 23.2 Å². The molecule has 2 aromatic rings. The van der Waals surface area contributed by atoms with Crippen molar-refractivity contribution in [3.63, 3.8) is 0 Å². The lowest BCUT2D eigenvalue weighted by Crippen LogP contribution is -2.21. The van der Waals surface area contributed by atoms with E-state index in [1.807, 2.05) is 43.3 Å². The van der Waals surface area contributed by atoms with E-state index in [0.29, 0.717) is 34.8 Å². The van der Waals surface area contributed by atoms with Crippen molar-refractivity contribution in [1.29, 1.82) is 0 Å². The molecule has 0 aliphatic heterocycles. The van der Waals surface area contributed by atoms with Crippen LogP contribution in [0.4, 0.5) is 0 Å². The fourth-order valence-corrected chi connectivity index (χ4v) is 3.03. The van der Waals surface area contributed by atoms with Gasteiger partial charge in [0.2, 0.25) is 0 Å². The van der Waals surface area contributed by atoms with E-state index in [-0.39, 0.29) is 0 Å². The molecule has 0 saturated heterocycles. The van der Waals surface area contributed by atoms with Gasteiger partial charge in [-0.1, -0.05) is 35.3 Å². The second-order valence-corrected chi connectivity index (χ2v) is 7.43. The van der Waals surface area contributed by atoms with E-state index in [0.717, 1.165) is 37.2 Å². The maximum Gasteiger partial charge on any atom is 0.180 e. The molecule has 0 aliphatic carbocycles. The van der Waals surface area contributed by atoms with Gasteiger partial charge in [-0.25, -0.2) is 0 Å². The van der Waals surface area contributed by atoms with Crippen LogP contribution < -0.4 is 14.8 Å². The van der Waals surface area contributed by atoms with Gasteiger partial charge < -0.3 is 19.7 Å². The van der Waals surface area contributed by atoms with Gasteiger partial charge in [-0.15, -0.1) is 0 Å². The predicted molar refractivity (Wildman–Crippen MR) is 113 cm³/mol. The molecular weight excluding hydrogens is 383 g/mol. The van der Waals surface area contributed by atoms with Gasteiger partial charge >= 0.3 is 0 Å². The van der Waals surface area contributed by atoms with Gasteiger partial charge in [-0.3, -0.25) is 0 Å². The molecule has 0 radical (unpaired) electrons. The number of benzene rings is 2. The van der Waals surface area contributed by atoms with E-state index < -0.39 is 0 Å². The van der Waals surface area contributed by atoms with Crippen LogP contribution in [0.25, 0.3) is 0 Å². The summed E-state index contributed by atoms with van der Waals surface area (Å²) in [5.74, 6) is 1.24. The normalized spacial score (nSPS) is 11.0. The maximum absolute atomic E-state index is 6.48. The smallest absolute Gasteiger partial charge is 0.180 e. The Morgan fingerprint density at radius 3 is 2.41 bits per heavy atom. The third kappa shape index (κ3) is 7.59. The largest absolute Gasteiger partial charge is 0.490 e. The average Bonchev–Trinajstić information content (AvgIpc) is 2.62. The molecule has 2 aromatic carbocycles. The number of hydrogen-bond donors (Lipinski definition) is 1. The van der Waals surface area contributed by atoms with Gasteiger partial charge in [-0.05, 0) is 75.9 Å². The minimum Gasteiger partial charge on any atom is -0.490 e. The van der Waals surface area contributed by atoms with Gasteiger partial charge in [0, 0.05) is 11.6 Å². The maximum atomic E-state index is 6.48. The van der Waals surface area contributed by atoms with Crippen molar-refractivity contribution in [3.8, 4) is 11.5 Å². The minimum atomic E-state index is 0.402. The summed E-state index contributed by atoms with van der Waals surface area (Å²) in [5, 5.41) is 4.70. The number of nitrogens with zero attached hydrogens (tertiary/aromatic N) is 1. The molecule has 0 aliphatic rings. The van der Waals surface area contributed by atoms with Crippen molar-refractivity contribution < 1.29 is 9.47 Å². The fraction of sp³-hybridized carbons (Fsp3) is 0.429. The third-order valence-corrected chi connectivity index (χ3v) is 4.49. The van der Waals surface area contributed by atoms with Gasteiger partial charge in [0.25, 0.3) is 0 Å². The molecule has 1 N–H and O–H groups in total. The molecule has 0 unspecified atom stereocenters. The molecule has 0 atom stereocenters. The molecule has 4 nitrogen and oxygen atoms in total. The molecule has 0 aromatic heterocycles. The van der Waals surface area contributed by atoms with Crippen LogP contribution in [0.2, 0.25) is 10.0 Å². The first-order valence-electron chi connectivity index (χ1n) is 9.17. The summed E-state index contributed by atoms with van der Waals surface area (Å²) in [6, 6.07) is 11.5. The Hall–Kier alpha value is -1.46. The molecule has 0 bridgehead atoms. The second kappa shape index (κ2) is 11.4. The first-order valence-corrected chi connectivity index (χ1v) is 9.93. The van der Waals surface area contributed by atoms with Gasteiger partial charge in [0.1, 0.15) is 6.61 Å². The topological polar surface area (TPSA) is 33.7 Å². The average molecular weight is 411 g/mol. The molecule has 0 spiro atoms. The lowest BCUT2D eigenvalue weighted by Gasteiger charge is -2.16. The summed E-state index contributed by atoms with van der Waals surface area (Å²) in [6.07, 6.45) is 1.10. The Balaban J connectivity index is 2.00. The van der Waals surface area contributed by atoms with Crippen LogP contribution in [0.1, 0.15) is 24.5 Å². The standard InChI is InChI=1S/C21H28Cl2N2O2/c1-4-26-20-13-17(14-24-10-5-11-25(2)3)12-19(23)21(20)27-15-16-6-8-18(22)9-7-16/h6-9,12-13,24H,4-5,10-11,14-15H2,1-3H3. The van der Waals surface area contributed by atoms with Crippen molar-refractivity contribution in [1.82, 2.24) is 10.2 Å². The van der Waals surface area contributed by atoms with Crippen molar-refractivity contribution in [3.05, 3.63) is 57.6 Å². The molecule has 6 heteroatoms. The van der Waals surface area contributed by atoms with Gasteiger partial charge in [0.05, 0.1) is 11.6 Å². The molecule has 2 rings (SSSR count). The Kier molecular flexibility index (Phi) is 9.22. The summed E-state index contributed by atoms with van der Waals surface area (Å²) in [7, 11) is 4.16. The van der Waals surface area contributed by atoms with Crippen molar-refractivity contribution in [2.24, 2.45) is 0 Å². The first kappa shape index (κ1) is 21.8. The zero-order valence-electron chi connectivity index (χ0n) is 16.2. The summed E-state index contributed by atoms with van der Waals surface area (Å²) in [5.41, 5.74) is 2.09. The highest BCUT2D eigenvalue weighted by Crippen LogP contribution is 2.37. The highest BCUT2D eigenvalue weighted by Gasteiger charge is 2.13. The van der Waals surface area contributed by atoms with Crippen LogP contribution in [-0.2, 0) is 13.2 Å². The first-order chi connectivity index (χ1) is 13.0. The van der Waals surface area contributed by atoms with E-state index in [4.69, 9.17) is 32.7 Å². The Labute approximate surface area is 172 Å². The van der Waals surface area contributed by atoms with Crippen LogP contribution in [0.3, 0.4) is 0 Å². The minimum absolute atomic E-state index is 0.402. The Bertz CT molecular complexity index is 706. The molecule has 0 amide bonds. The van der Waals surface area contributed by atoms with E-state index >= 15 is 0 Å². The lowest BCUT2D eigenvalue weighted by atomic mass is 10.2. The third-order valence-electron chi connectivity index (χ3n) is 3.95. The number of ether oxygens (including phenoxy) is 2. The lowest BCUT2D eigenvalue weighted by molar-refractivity contribution is 0.269. The van der Waals surface area contributed by atoms with E-state index in [1.165, 1.54) is 0 Å². The number of hydrogen-bond acceptors (Lipinski definition) is 4. The molecule has 0 saturated carbocycles. The number of nitrogens with one attached hydrogen (secondary N) is 1. The van der Waals surface area contributed by atoms with E-state index in [9.17, 15) is 0 Å². The summed E-state index contributed by atoms with van der Waals surface area (Å²) >= 11 is 12.4. The second-order valence-electron chi connectivity index (χ2n) is 6.59. The van der Waals surface area contributed by atoms with Crippen LogP contribution in [0.15, 0.2) is 36.4 Å². The van der Waals surface area contributed by atoms with Gasteiger partial charge in [0.15, 0.2) is 11.5 Å². The van der Waals surface area contributed by atoms with Crippen molar-refractivity contribution in [2.45, 2.75) is 26.5 Å². The molecule has 148 valence electrons. The van der Waals surface area contributed by atoms with Crippen LogP contribution in [0, 0.1) is 0 Å².